The summed E-state index contributed by atoms with van der Waals surface area (Å²) in [5.74, 6) is -0.342. The summed E-state index contributed by atoms with van der Waals surface area (Å²) in [6.45, 7) is 0.374. The Hall–Kier alpha value is -1.26. The van der Waals surface area contributed by atoms with E-state index in [4.69, 9.17) is 17.3 Å². The maximum atomic E-state index is 10.4. The lowest BCUT2D eigenvalue weighted by Crippen LogP contribution is -2.28. The van der Waals surface area contributed by atoms with Gasteiger partial charge in [-0.1, -0.05) is 17.7 Å². The molecule has 4 N–H and O–H groups in total. The van der Waals surface area contributed by atoms with Crippen LogP contribution in [0.3, 0.4) is 0 Å². The van der Waals surface area contributed by atoms with Crippen LogP contribution in [-0.4, -0.2) is 17.6 Å². The number of nitrogens with one attached hydrogen (secondary N) is 1. The highest BCUT2D eigenvalue weighted by atomic mass is 35.5. The molecule has 0 unspecified atom stereocenters. The van der Waals surface area contributed by atoms with Crippen molar-refractivity contribution in [1.82, 2.24) is 5.32 Å². The summed E-state index contributed by atoms with van der Waals surface area (Å²) < 4.78 is 0. The van der Waals surface area contributed by atoms with Gasteiger partial charge in [0.05, 0.1) is 6.54 Å². The third kappa shape index (κ3) is 2.90. The van der Waals surface area contributed by atoms with Gasteiger partial charge in [-0.2, -0.15) is 0 Å². The molecule has 0 atom stereocenters. The van der Waals surface area contributed by atoms with Crippen molar-refractivity contribution in [3.8, 4) is 5.75 Å². The number of halogens is 1. The van der Waals surface area contributed by atoms with Crippen molar-refractivity contribution >= 4 is 17.5 Å². The molecule has 0 aromatic heterocycles. The molecule has 0 heterocycles. The number of benzene rings is 1. The zero-order valence-electron chi connectivity index (χ0n) is 7.46. The summed E-state index contributed by atoms with van der Waals surface area (Å²) in [7, 11) is 0. The lowest BCUT2D eigenvalue weighted by atomic mass is 10.2. The number of aromatic hydroxyl groups is 1. The van der Waals surface area contributed by atoms with Gasteiger partial charge in [0.1, 0.15) is 5.75 Å². The van der Waals surface area contributed by atoms with Crippen molar-refractivity contribution in [2.45, 2.75) is 6.54 Å². The Balaban J connectivity index is 2.62. The molecule has 0 aliphatic heterocycles. The molecule has 4 nitrogen and oxygen atoms in total. The Morgan fingerprint density at radius 3 is 2.86 bits per heavy atom. The maximum Gasteiger partial charge on any atom is 0.231 e. The highest BCUT2D eigenvalue weighted by Gasteiger charge is 2.05. The highest BCUT2D eigenvalue weighted by Crippen LogP contribution is 2.24. The normalized spacial score (nSPS) is 10.1. The molecule has 0 saturated carbocycles. The summed E-state index contributed by atoms with van der Waals surface area (Å²) in [6, 6.07) is 4.85. The smallest absolute Gasteiger partial charge is 0.231 e. The monoisotopic (exact) mass is 214 g/mol. The van der Waals surface area contributed by atoms with Crippen molar-refractivity contribution in [3.63, 3.8) is 0 Å². The van der Waals surface area contributed by atoms with Gasteiger partial charge in [0.2, 0.25) is 5.91 Å². The van der Waals surface area contributed by atoms with Crippen LogP contribution in [0.1, 0.15) is 5.56 Å². The molecule has 1 aromatic carbocycles. The van der Waals surface area contributed by atoms with Crippen LogP contribution in [0.4, 0.5) is 0 Å². The minimum absolute atomic E-state index is 0.0602. The predicted molar refractivity (Wildman–Crippen MR) is 54.0 cm³/mol. The van der Waals surface area contributed by atoms with Crippen molar-refractivity contribution in [1.29, 1.82) is 0 Å². The van der Waals surface area contributed by atoms with E-state index in [1.165, 1.54) is 6.07 Å². The lowest BCUT2D eigenvalue weighted by Gasteiger charge is -2.06. The molecule has 0 saturated heterocycles. The van der Waals surface area contributed by atoms with E-state index in [1.54, 1.807) is 12.1 Å². The molecule has 1 aromatic rings. The molecule has 0 aliphatic carbocycles. The predicted octanol–water partition coefficient (Wildman–Crippen LogP) is 0.620. The number of nitrogens with two attached hydrogens (primary N) is 1. The van der Waals surface area contributed by atoms with Crippen LogP contribution in [0.2, 0.25) is 5.02 Å². The van der Waals surface area contributed by atoms with E-state index in [2.05, 4.69) is 5.32 Å². The Bertz CT molecular complexity index is 321. The molecule has 5 heteroatoms. The Morgan fingerprint density at radius 2 is 2.29 bits per heavy atom. The summed E-state index contributed by atoms with van der Waals surface area (Å²) in [4.78, 5) is 10.4. The fraction of sp³-hybridized carbons (Fsp3) is 0.222. The minimum Gasteiger partial charge on any atom is -0.508 e. The van der Waals surface area contributed by atoms with Crippen LogP contribution in [0.25, 0.3) is 0 Å². The average molecular weight is 215 g/mol. The van der Waals surface area contributed by atoms with Gasteiger partial charge in [0.15, 0.2) is 0 Å². The molecule has 0 aliphatic rings. The fourth-order valence-electron chi connectivity index (χ4n) is 1.03. The number of hydrogen-bond donors (Lipinski definition) is 3. The highest BCUT2D eigenvalue weighted by molar-refractivity contribution is 6.31. The molecule has 0 radical (unpaired) electrons. The molecule has 14 heavy (non-hydrogen) atoms. The van der Waals surface area contributed by atoms with Crippen molar-refractivity contribution in [3.05, 3.63) is 28.8 Å². The first-order valence-electron chi connectivity index (χ1n) is 4.06. The van der Waals surface area contributed by atoms with Gasteiger partial charge >= 0.3 is 0 Å². The minimum atomic E-state index is -0.448. The Morgan fingerprint density at radius 1 is 1.57 bits per heavy atom. The molecule has 1 rings (SSSR count). The third-order valence-electron chi connectivity index (χ3n) is 1.70. The van der Waals surface area contributed by atoms with Gasteiger partial charge in [0.25, 0.3) is 0 Å². The number of hydrogen-bond acceptors (Lipinski definition) is 3. The van der Waals surface area contributed by atoms with Crippen LogP contribution in [0, 0.1) is 0 Å². The number of carbonyl (C=O) groups excluding carboxylic acids is 1. The van der Waals surface area contributed by atoms with Gasteiger partial charge < -0.3 is 16.2 Å². The molecular formula is C9H11ClN2O2. The summed E-state index contributed by atoms with van der Waals surface area (Å²) in [5.41, 5.74) is 5.50. The maximum absolute atomic E-state index is 10.4. The van der Waals surface area contributed by atoms with E-state index in [1.807, 2.05) is 0 Å². The van der Waals surface area contributed by atoms with Gasteiger partial charge in [-0.3, -0.25) is 4.79 Å². The van der Waals surface area contributed by atoms with Crippen LogP contribution in [0.5, 0.6) is 5.75 Å². The number of phenols is 1. The van der Waals surface area contributed by atoms with Crippen LogP contribution >= 0.6 is 11.6 Å². The lowest BCUT2D eigenvalue weighted by molar-refractivity contribution is -0.117. The van der Waals surface area contributed by atoms with E-state index in [-0.39, 0.29) is 12.3 Å². The largest absolute Gasteiger partial charge is 0.508 e. The zero-order valence-corrected chi connectivity index (χ0v) is 8.21. The number of phenolic OH excluding ortho intramolecular Hbond substituents is 1. The summed E-state index contributed by atoms with van der Waals surface area (Å²) >= 11 is 5.83. The van der Waals surface area contributed by atoms with Crippen molar-refractivity contribution < 1.29 is 9.90 Å². The van der Waals surface area contributed by atoms with E-state index in [9.17, 15) is 9.90 Å². The first-order chi connectivity index (χ1) is 6.61. The zero-order chi connectivity index (χ0) is 10.6. The quantitative estimate of drug-likeness (QED) is 0.688. The van der Waals surface area contributed by atoms with Crippen LogP contribution in [0.15, 0.2) is 18.2 Å². The van der Waals surface area contributed by atoms with Gasteiger partial charge in [-0.25, -0.2) is 0 Å². The second kappa shape index (κ2) is 4.83. The molecule has 1 amide bonds. The van der Waals surface area contributed by atoms with Crippen molar-refractivity contribution in [2.24, 2.45) is 5.73 Å². The molecular weight excluding hydrogens is 204 g/mol. The topological polar surface area (TPSA) is 75.4 Å². The SMILES string of the molecule is NC(=O)CNCc1c(O)cccc1Cl. The first kappa shape index (κ1) is 10.8. The first-order valence-corrected chi connectivity index (χ1v) is 4.44. The molecule has 76 valence electrons. The molecule has 0 spiro atoms. The second-order valence-electron chi connectivity index (χ2n) is 2.81. The van der Waals surface area contributed by atoms with Gasteiger partial charge in [-0.15, -0.1) is 0 Å². The van der Waals surface area contributed by atoms with E-state index >= 15 is 0 Å². The molecule has 0 bridgehead atoms. The Labute approximate surface area is 86.7 Å². The van der Waals surface area contributed by atoms with Crippen molar-refractivity contribution in [2.75, 3.05) is 6.54 Å². The average Bonchev–Trinajstić information content (AvgIpc) is 2.09. The van der Waals surface area contributed by atoms with Gasteiger partial charge in [0, 0.05) is 17.1 Å². The Kier molecular flexibility index (Phi) is 3.73. The van der Waals surface area contributed by atoms with Gasteiger partial charge in [-0.05, 0) is 12.1 Å². The van der Waals surface area contributed by atoms with E-state index in [0.29, 0.717) is 17.1 Å². The number of amides is 1. The molecule has 0 fully saturated rings. The third-order valence-corrected chi connectivity index (χ3v) is 2.05. The number of primary amides is 1. The summed E-state index contributed by atoms with van der Waals surface area (Å²) in [5, 5.41) is 12.6. The summed E-state index contributed by atoms with van der Waals surface area (Å²) in [6.07, 6.45) is 0. The second-order valence-corrected chi connectivity index (χ2v) is 3.21. The standard InChI is InChI=1S/C9H11ClN2O2/c10-7-2-1-3-8(13)6(7)4-12-5-9(11)14/h1-3,12-13H,4-5H2,(H2,11,14). The van der Waals surface area contributed by atoms with Crippen LogP contribution < -0.4 is 11.1 Å². The number of rotatable bonds is 4. The fourth-order valence-corrected chi connectivity index (χ4v) is 1.27. The van der Waals surface area contributed by atoms with Crippen LogP contribution in [-0.2, 0) is 11.3 Å². The number of carbonyl (C=O) groups is 1. The van der Waals surface area contributed by atoms with E-state index < -0.39 is 5.91 Å². The van der Waals surface area contributed by atoms with E-state index in [0.717, 1.165) is 0 Å².